The van der Waals surface area contributed by atoms with E-state index in [-0.39, 0.29) is 5.56 Å². The van der Waals surface area contributed by atoms with Crippen molar-refractivity contribution in [2.75, 3.05) is 38.7 Å². The minimum Gasteiger partial charge on any atom is -0.388 e. The summed E-state index contributed by atoms with van der Waals surface area (Å²) in [6.45, 7) is 4.05. The normalized spacial score (nSPS) is 18.8. The van der Waals surface area contributed by atoms with Crippen LogP contribution in [-0.2, 0) is 11.3 Å². The van der Waals surface area contributed by atoms with Gasteiger partial charge in [-0.15, -0.1) is 0 Å². The van der Waals surface area contributed by atoms with Crippen molar-refractivity contribution in [1.29, 1.82) is 0 Å². The summed E-state index contributed by atoms with van der Waals surface area (Å²) in [5, 5.41) is 7.87. The summed E-state index contributed by atoms with van der Waals surface area (Å²) >= 11 is 0. The monoisotopic (exact) mass is 394 g/mol. The summed E-state index contributed by atoms with van der Waals surface area (Å²) < 4.78 is 7.20. The van der Waals surface area contributed by atoms with Gasteiger partial charge in [-0.1, -0.05) is 12.1 Å². The summed E-state index contributed by atoms with van der Waals surface area (Å²) in [6.07, 6.45) is 3.47. The van der Waals surface area contributed by atoms with Crippen LogP contribution in [0.3, 0.4) is 0 Å². The van der Waals surface area contributed by atoms with Gasteiger partial charge in [-0.3, -0.25) is 9.69 Å². The SMILES string of the molecule is CNc1ccc(C2CN(Cc3nn4c(C5CCOCC5)ncc4c(=O)[nH]3)C2)cc1. The molecule has 2 fully saturated rings. The molecule has 0 spiro atoms. The second-order valence-corrected chi connectivity index (χ2v) is 7.96. The Balaban J connectivity index is 1.30. The summed E-state index contributed by atoms with van der Waals surface area (Å²) in [4.78, 5) is 22.3. The molecule has 2 N–H and O–H groups in total. The van der Waals surface area contributed by atoms with Gasteiger partial charge in [0.05, 0.1) is 12.7 Å². The van der Waals surface area contributed by atoms with Crippen molar-refractivity contribution in [2.24, 2.45) is 0 Å². The van der Waals surface area contributed by atoms with Crippen LogP contribution in [0, 0.1) is 0 Å². The fourth-order valence-corrected chi connectivity index (χ4v) is 4.31. The third-order valence-corrected chi connectivity index (χ3v) is 6.06. The van der Waals surface area contributed by atoms with Gasteiger partial charge in [0.1, 0.15) is 11.6 Å². The molecule has 8 heteroatoms. The predicted molar refractivity (Wildman–Crippen MR) is 110 cm³/mol. The fraction of sp³-hybridized carbons (Fsp3) is 0.476. The van der Waals surface area contributed by atoms with Crippen molar-refractivity contribution in [2.45, 2.75) is 31.2 Å². The molecule has 2 aromatic heterocycles. The first-order chi connectivity index (χ1) is 14.2. The quantitative estimate of drug-likeness (QED) is 0.688. The molecule has 4 heterocycles. The number of imidazole rings is 1. The lowest BCUT2D eigenvalue weighted by atomic mass is 9.91. The van der Waals surface area contributed by atoms with Crippen molar-refractivity contribution in [3.63, 3.8) is 0 Å². The molecule has 29 heavy (non-hydrogen) atoms. The Labute approximate surface area is 168 Å². The average Bonchev–Trinajstić information content (AvgIpc) is 3.16. The lowest BCUT2D eigenvalue weighted by Gasteiger charge is -2.39. The zero-order valence-electron chi connectivity index (χ0n) is 16.6. The maximum absolute atomic E-state index is 12.5. The van der Waals surface area contributed by atoms with Crippen LogP contribution in [0.15, 0.2) is 35.3 Å². The predicted octanol–water partition coefficient (Wildman–Crippen LogP) is 1.95. The van der Waals surface area contributed by atoms with E-state index in [4.69, 9.17) is 9.84 Å². The van der Waals surface area contributed by atoms with Crippen LogP contribution in [0.4, 0.5) is 5.69 Å². The Kier molecular flexibility index (Phi) is 4.81. The van der Waals surface area contributed by atoms with Crippen LogP contribution in [-0.4, -0.2) is 57.8 Å². The fourth-order valence-electron chi connectivity index (χ4n) is 4.31. The second kappa shape index (κ2) is 7.61. The molecule has 0 atom stereocenters. The molecule has 2 aliphatic rings. The van der Waals surface area contributed by atoms with Gasteiger partial charge in [0.2, 0.25) is 0 Å². The van der Waals surface area contributed by atoms with Gasteiger partial charge in [0.15, 0.2) is 5.52 Å². The number of fused-ring (bicyclic) bond motifs is 1. The first kappa shape index (κ1) is 18.3. The molecule has 5 rings (SSSR count). The Hall–Kier alpha value is -2.71. The van der Waals surface area contributed by atoms with Crippen LogP contribution in [0.1, 0.15) is 41.9 Å². The average molecular weight is 394 g/mol. The summed E-state index contributed by atoms with van der Waals surface area (Å²) in [5.41, 5.74) is 2.87. The molecule has 2 aliphatic heterocycles. The van der Waals surface area contributed by atoms with Crippen molar-refractivity contribution in [1.82, 2.24) is 24.5 Å². The molecule has 0 amide bonds. The highest BCUT2D eigenvalue weighted by Gasteiger charge is 2.29. The maximum Gasteiger partial charge on any atom is 0.276 e. The maximum atomic E-state index is 12.5. The Morgan fingerprint density at radius 1 is 1.17 bits per heavy atom. The number of likely N-dealkylation sites (tertiary alicyclic amines) is 1. The Morgan fingerprint density at radius 2 is 1.93 bits per heavy atom. The molecule has 3 aromatic rings. The molecule has 2 saturated heterocycles. The minimum atomic E-state index is -0.125. The van der Waals surface area contributed by atoms with E-state index in [0.717, 1.165) is 50.7 Å². The van der Waals surface area contributed by atoms with Crippen LogP contribution in [0.5, 0.6) is 0 Å². The number of aromatic nitrogens is 4. The number of hydrogen-bond acceptors (Lipinski definition) is 6. The molecule has 152 valence electrons. The number of aromatic amines is 1. The highest BCUT2D eigenvalue weighted by atomic mass is 16.5. The summed E-state index contributed by atoms with van der Waals surface area (Å²) in [5.74, 6) is 2.39. The summed E-state index contributed by atoms with van der Waals surface area (Å²) in [6, 6.07) is 8.60. The van der Waals surface area contributed by atoms with Crippen LogP contribution in [0.2, 0.25) is 0 Å². The molecular formula is C21H26N6O2. The van der Waals surface area contributed by atoms with Crippen LogP contribution >= 0.6 is 0 Å². The first-order valence-electron chi connectivity index (χ1n) is 10.3. The third-order valence-electron chi connectivity index (χ3n) is 6.06. The number of nitrogens with zero attached hydrogens (tertiary/aromatic N) is 4. The number of H-pyrrole nitrogens is 1. The molecule has 0 radical (unpaired) electrons. The number of rotatable bonds is 5. The van der Waals surface area contributed by atoms with Gasteiger partial charge >= 0.3 is 0 Å². The first-order valence-corrected chi connectivity index (χ1v) is 10.3. The van der Waals surface area contributed by atoms with Gasteiger partial charge in [-0.05, 0) is 30.5 Å². The van der Waals surface area contributed by atoms with E-state index in [1.807, 2.05) is 7.05 Å². The Bertz CT molecular complexity index is 1050. The van der Waals surface area contributed by atoms with E-state index < -0.39 is 0 Å². The third kappa shape index (κ3) is 3.54. The van der Waals surface area contributed by atoms with E-state index in [1.54, 1.807) is 10.7 Å². The highest BCUT2D eigenvalue weighted by Crippen LogP contribution is 2.29. The molecule has 1 aromatic carbocycles. The lowest BCUT2D eigenvalue weighted by molar-refractivity contribution is 0.0832. The van der Waals surface area contributed by atoms with Crippen molar-refractivity contribution >= 4 is 11.2 Å². The van der Waals surface area contributed by atoms with Gasteiger partial charge in [-0.2, -0.15) is 5.10 Å². The van der Waals surface area contributed by atoms with Crippen LogP contribution in [0.25, 0.3) is 5.52 Å². The molecule has 0 aliphatic carbocycles. The van der Waals surface area contributed by atoms with E-state index >= 15 is 0 Å². The van der Waals surface area contributed by atoms with Crippen molar-refractivity contribution in [3.8, 4) is 0 Å². The zero-order chi connectivity index (χ0) is 19.8. The number of nitrogens with one attached hydrogen (secondary N) is 2. The van der Waals surface area contributed by atoms with Gasteiger partial charge in [-0.25, -0.2) is 9.50 Å². The number of ether oxygens (including phenoxy) is 1. The molecule has 0 unspecified atom stereocenters. The molecule has 0 saturated carbocycles. The number of anilines is 1. The standard InChI is InChI=1S/C21H26N6O2/c1-22-17-4-2-14(3-5-17)16-11-26(12-16)13-19-24-21(28)18-10-23-20(27(18)25-19)15-6-8-29-9-7-15/h2-5,10,15-16,22H,6-9,11-13H2,1H3,(H,24,25,28). The van der Waals surface area contributed by atoms with Crippen LogP contribution < -0.4 is 10.9 Å². The zero-order valence-corrected chi connectivity index (χ0v) is 16.6. The smallest absolute Gasteiger partial charge is 0.276 e. The second-order valence-electron chi connectivity index (χ2n) is 7.96. The van der Waals surface area contributed by atoms with Gasteiger partial charge in [0.25, 0.3) is 5.56 Å². The largest absolute Gasteiger partial charge is 0.388 e. The van der Waals surface area contributed by atoms with E-state index in [1.165, 1.54) is 5.56 Å². The van der Waals surface area contributed by atoms with Crippen molar-refractivity contribution in [3.05, 3.63) is 58.0 Å². The number of benzene rings is 1. The molecule has 0 bridgehead atoms. The lowest BCUT2D eigenvalue weighted by Crippen LogP contribution is -2.44. The summed E-state index contributed by atoms with van der Waals surface area (Å²) in [7, 11) is 1.93. The number of hydrogen-bond donors (Lipinski definition) is 2. The topological polar surface area (TPSA) is 87.5 Å². The van der Waals surface area contributed by atoms with E-state index in [9.17, 15) is 4.79 Å². The van der Waals surface area contributed by atoms with E-state index in [0.29, 0.717) is 29.7 Å². The molecule has 8 nitrogen and oxygen atoms in total. The van der Waals surface area contributed by atoms with Gasteiger partial charge in [0, 0.05) is 50.9 Å². The van der Waals surface area contributed by atoms with Crippen molar-refractivity contribution < 1.29 is 4.74 Å². The Morgan fingerprint density at radius 3 is 2.66 bits per heavy atom. The molecular weight excluding hydrogens is 368 g/mol. The highest BCUT2D eigenvalue weighted by molar-refractivity contribution is 5.45. The van der Waals surface area contributed by atoms with Gasteiger partial charge < -0.3 is 15.0 Å². The van der Waals surface area contributed by atoms with E-state index in [2.05, 4.69) is 44.5 Å². The minimum absolute atomic E-state index is 0.125.